The molecule has 1 saturated carbocycles. The second kappa shape index (κ2) is 5.87. The molecular formula is C14H12Cl2N4O. The summed E-state index contributed by atoms with van der Waals surface area (Å²) in [5.74, 6) is 0.566. The van der Waals surface area contributed by atoms with Gasteiger partial charge in [-0.2, -0.15) is 4.98 Å². The van der Waals surface area contributed by atoms with Gasteiger partial charge in [-0.15, -0.1) is 0 Å². The minimum absolute atomic E-state index is 0.0380. The molecule has 1 aliphatic rings. The van der Waals surface area contributed by atoms with Crippen LogP contribution >= 0.6 is 23.2 Å². The number of hydrogen-bond acceptors (Lipinski definition) is 4. The van der Waals surface area contributed by atoms with E-state index in [0.29, 0.717) is 22.2 Å². The number of halogens is 2. The maximum absolute atomic E-state index is 11.9. The number of carbonyl (C=O) groups is 1. The summed E-state index contributed by atoms with van der Waals surface area (Å²) in [6.45, 7) is 0. The number of nitrogens with one attached hydrogen (secondary N) is 2. The van der Waals surface area contributed by atoms with E-state index in [1.54, 1.807) is 0 Å². The smallest absolute Gasteiger partial charge is 0.227 e. The van der Waals surface area contributed by atoms with Crippen LogP contribution in [0.1, 0.15) is 12.8 Å². The number of aromatic nitrogens is 2. The van der Waals surface area contributed by atoms with Crippen molar-refractivity contribution in [3.05, 3.63) is 40.8 Å². The fourth-order valence-electron chi connectivity index (χ4n) is 1.84. The molecule has 5 nitrogen and oxygen atoms in total. The molecule has 1 aliphatic carbocycles. The summed E-state index contributed by atoms with van der Waals surface area (Å²) in [5.41, 5.74) is 1.38. The molecule has 3 rings (SSSR count). The number of hydrogen-bond donors (Lipinski definition) is 2. The van der Waals surface area contributed by atoms with E-state index in [-0.39, 0.29) is 17.1 Å². The minimum atomic E-state index is 0.0380. The van der Waals surface area contributed by atoms with Crippen molar-refractivity contribution < 1.29 is 4.79 Å². The third-order valence-electron chi connectivity index (χ3n) is 3.10. The zero-order chi connectivity index (χ0) is 14.8. The monoisotopic (exact) mass is 322 g/mol. The summed E-state index contributed by atoms with van der Waals surface area (Å²) >= 11 is 11.8. The molecule has 1 amide bonds. The van der Waals surface area contributed by atoms with Crippen molar-refractivity contribution in [3.63, 3.8) is 0 Å². The van der Waals surface area contributed by atoms with Crippen LogP contribution in [0.15, 0.2) is 30.5 Å². The highest BCUT2D eigenvalue weighted by Crippen LogP contribution is 2.33. The maximum Gasteiger partial charge on any atom is 0.227 e. The molecule has 0 radical (unpaired) electrons. The van der Waals surface area contributed by atoms with Gasteiger partial charge in [-0.1, -0.05) is 23.7 Å². The van der Waals surface area contributed by atoms with Gasteiger partial charge in [0.05, 0.1) is 17.6 Å². The third-order valence-corrected chi connectivity index (χ3v) is 3.56. The van der Waals surface area contributed by atoms with Crippen LogP contribution in [0.25, 0.3) is 0 Å². The first-order valence-electron chi connectivity index (χ1n) is 6.48. The van der Waals surface area contributed by atoms with Gasteiger partial charge in [0, 0.05) is 5.92 Å². The molecule has 0 atom stereocenters. The number of nitrogens with zero attached hydrogens (tertiary/aromatic N) is 2. The molecular weight excluding hydrogens is 311 g/mol. The van der Waals surface area contributed by atoms with E-state index in [2.05, 4.69) is 20.6 Å². The Labute approximate surface area is 131 Å². The van der Waals surface area contributed by atoms with Crippen LogP contribution < -0.4 is 10.6 Å². The van der Waals surface area contributed by atoms with Gasteiger partial charge in [-0.05, 0) is 36.6 Å². The second-order valence-electron chi connectivity index (χ2n) is 4.77. The number of amides is 1. The zero-order valence-electron chi connectivity index (χ0n) is 10.9. The van der Waals surface area contributed by atoms with Gasteiger partial charge in [0.25, 0.3) is 0 Å². The Balaban J connectivity index is 1.84. The summed E-state index contributed by atoms with van der Waals surface area (Å²) < 4.78 is 0. The third kappa shape index (κ3) is 3.43. The Morgan fingerprint density at radius 2 is 1.90 bits per heavy atom. The lowest BCUT2D eigenvalue weighted by molar-refractivity contribution is -0.117. The summed E-state index contributed by atoms with van der Waals surface area (Å²) in [6, 6.07) is 7.35. The minimum Gasteiger partial charge on any atom is -0.337 e. The first-order valence-corrected chi connectivity index (χ1v) is 7.24. The van der Waals surface area contributed by atoms with E-state index >= 15 is 0 Å². The molecule has 0 unspecified atom stereocenters. The van der Waals surface area contributed by atoms with Gasteiger partial charge in [0.2, 0.25) is 11.2 Å². The topological polar surface area (TPSA) is 66.9 Å². The Hall–Kier alpha value is -1.85. The van der Waals surface area contributed by atoms with E-state index < -0.39 is 0 Å². The standard InChI is InChI=1S/C14H12Cl2N4O/c15-9-7-17-14(16)20-12(9)18-10-3-1-2-4-11(10)19-13(21)8-5-6-8/h1-4,7-8H,5-6H2,(H,19,21)(H,17,18,20). The fraction of sp³-hybridized carbons (Fsp3) is 0.214. The number of para-hydroxylation sites is 2. The molecule has 1 heterocycles. The van der Waals surface area contributed by atoms with Crippen molar-refractivity contribution in [1.29, 1.82) is 0 Å². The van der Waals surface area contributed by atoms with Gasteiger partial charge in [-0.3, -0.25) is 4.79 Å². The van der Waals surface area contributed by atoms with Crippen molar-refractivity contribution in [3.8, 4) is 0 Å². The highest BCUT2D eigenvalue weighted by atomic mass is 35.5. The number of anilines is 3. The van der Waals surface area contributed by atoms with Crippen LogP contribution in [-0.2, 0) is 4.79 Å². The SMILES string of the molecule is O=C(Nc1ccccc1Nc1nc(Cl)ncc1Cl)C1CC1. The largest absolute Gasteiger partial charge is 0.337 e. The van der Waals surface area contributed by atoms with Crippen molar-refractivity contribution >= 4 is 46.3 Å². The molecule has 7 heteroatoms. The van der Waals surface area contributed by atoms with Crippen LogP contribution in [-0.4, -0.2) is 15.9 Å². The van der Waals surface area contributed by atoms with E-state index in [4.69, 9.17) is 23.2 Å². The number of carbonyl (C=O) groups excluding carboxylic acids is 1. The number of benzene rings is 1. The average molecular weight is 323 g/mol. The zero-order valence-corrected chi connectivity index (χ0v) is 12.4. The molecule has 0 saturated heterocycles. The Morgan fingerprint density at radius 1 is 1.19 bits per heavy atom. The molecule has 1 fully saturated rings. The first-order chi connectivity index (χ1) is 10.1. The summed E-state index contributed by atoms with van der Waals surface area (Å²) in [5, 5.41) is 6.42. The second-order valence-corrected chi connectivity index (χ2v) is 5.51. The molecule has 2 N–H and O–H groups in total. The Bertz CT molecular complexity index is 688. The lowest BCUT2D eigenvalue weighted by Crippen LogP contribution is -2.14. The van der Waals surface area contributed by atoms with Crippen LogP contribution in [0, 0.1) is 5.92 Å². The molecule has 0 spiro atoms. The summed E-state index contributed by atoms with van der Waals surface area (Å²) in [4.78, 5) is 19.7. The summed E-state index contributed by atoms with van der Waals surface area (Å²) in [7, 11) is 0. The van der Waals surface area contributed by atoms with E-state index in [9.17, 15) is 4.79 Å². The highest BCUT2D eigenvalue weighted by molar-refractivity contribution is 6.33. The fourth-order valence-corrected chi connectivity index (χ4v) is 2.11. The van der Waals surface area contributed by atoms with Crippen molar-refractivity contribution in [2.24, 2.45) is 5.92 Å². The van der Waals surface area contributed by atoms with Crippen LogP contribution in [0.5, 0.6) is 0 Å². The van der Waals surface area contributed by atoms with Gasteiger partial charge < -0.3 is 10.6 Å². The van der Waals surface area contributed by atoms with Gasteiger partial charge >= 0.3 is 0 Å². The van der Waals surface area contributed by atoms with Crippen molar-refractivity contribution in [2.75, 3.05) is 10.6 Å². The van der Waals surface area contributed by atoms with Crippen molar-refractivity contribution in [2.45, 2.75) is 12.8 Å². The van der Waals surface area contributed by atoms with E-state index in [1.807, 2.05) is 24.3 Å². The molecule has 1 aromatic carbocycles. The quantitative estimate of drug-likeness (QED) is 0.838. The summed E-state index contributed by atoms with van der Waals surface area (Å²) in [6.07, 6.45) is 3.33. The predicted octanol–water partition coefficient (Wildman–Crippen LogP) is 3.88. The van der Waals surface area contributed by atoms with Crippen LogP contribution in [0.3, 0.4) is 0 Å². The van der Waals surface area contributed by atoms with Gasteiger partial charge in [0.15, 0.2) is 5.82 Å². The maximum atomic E-state index is 11.9. The van der Waals surface area contributed by atoms with E-state index in [0.717, 1.165) is 12.8 Å². The molecule has 0 aliphatic heterocycles. The highest BCUT2D eigenvalue weighted by Gasteiger charge is 2.29. The van der Waals surface area contributed by atoms with E-state index in [1.165, 1.54) is 6.20 Å². The average Bonchev–Trinajstić information content (AvgIpc) is 3.29. The first kappa shape index (κ1) is 14.1. The predicted molar refractivity (Wildman–Crippen MR) is 83.1 cm³/mol. The molecule has 108 valence electrons. The van der Waals surface area contributed by atoms with Crippen molar-refractivity contribution in [1.82, 2.24) is 9.97 Å². The lowest BCUT2D eigenvalue weighted by atomic mass is 10.2. The Kier molecular flexibility index (Phi) is 3.94. The molecule has 2 aromatic rings. The van der Waals surface area contributed by atoms with Gasteiger partial charge in [0.1, 0.15) is 5.02 Å². The molecule has 1 aromatic heterocycles. The number of rotatable bonds is 4. The molecule has 21 heavy (non-hydrogen) atoms. The van der Waals surface area contributed by atoms with Gasteiger partial charge in [-0.25, -0.2) is 4.98 Å². The Morgan fingerprint density at radius 3 is 2.62 bits per heavy atom. The molecule has 0 bridgehead atoms. The lowest BCUT2D eigenvalue weighted by Gasteiger charge is -2.13. The normalized spacial score (nSPS) is 13.8. The van der Waals surface area contributed by atoms with Crippen LogP contribution in [0.4, 0.5) is 17.2 Å². The van der Waals surface area contributed by atoms with Crippen LogP contribution in [0.2, 0.25) is 10.3 Å².